The number of nitrogens with zero attached hydrogens (tertiary/aromatic N) is 2. The van der Waals surface area contributed by atoms with E-state index in [1.807, 2.05) is 6.07 Å². The average Bonchev–Trinajstić information content (AvgIpc) is 3.56. The summed E-state index contributed by atoms with van der Waals surface area (Å²) in [4.78, 5) is 28.8. The quantitative estimate of drug-likeness (QED) is 0.190. The van der Waals surface area contributed by atoms with Gasteiger partial charge in [-0.15, -0.1) is 11.3 Å². The summed E-state index contributed by atoms with van der Waals surface area (Å²) in [5.41, 5.74) is -2.95. The summed E-state index contributed by atoms with van der Waals surface area (Å²) in [7, 11) is 0. The first-order chi connectivity index (χ1) is 21.1. The second-order valence-corrected chi connectivity index (χ2v) is 12.1. The number of hydrogen-bond acceptors (Lipinski definition) is 7. The van der Waals surface area contributed by atoms with E-state index in [0.29, 0.717) is 23.1 Å². The number of rotatable bonds is 8. The van der Waals surface area contributed by atoms with Crippen molar-refractivity contribution in [3.8, 4) is 6.07 Å². The van der Waals surface area contributed by atoms with Crippen LogP contribution in [0.3, 0.4) is 0 Å². The summed E-state index contributed by atoms with van der Waals surface area (Å²) in [5, 5.41) is 25.0. The summed E-state index contributed by atoms with van der Waals surface area (Å²) >= 11 is 7.99. The Kier molecular flexibility index (Phi) is 9.18. The molecule has 0 saturated carbocycles. The van der Waals surface area contributed by atoms with Crippen LogP contribution in [0, 0.1) is 17.2 Å². The number of thiophene rings is 1. The van der Waals surface area contributed by atoms with Gasteiger partial charge < -0.3 is 10.4 Å². The summed E-state index contributed by atoms with van der Waals surface area (Å²) in [5.74, 6) is -5.72. The number of halogens is 4. The highest BCUT2D eigenvalue weighted by atomic mass is 35.5. The molecule has 2 heterocycles. The molecule has 4 aromatic rings. The van der Waals surface area contributed by atoms with Crippen LogP contribution in [0.2, 0.25) is 5.02 Å². The van der Waals surface area contributed by atoms with Crippen LogP contribution in [0.5, 0.6) is 0 Å². The summed E-state index contributed by atoms with van der Waals surface area (Å²) in [6.07, 6.45) is -5.37. The number of Topliss-reactive ketones (excluding diaryl/α,β-unsaturated/α-hetero) is 1. The minimum absolute atomic E-state index is 0.0143. The Morgan fingerprint density at radius 1 is 0.977 bits per heavy atom. The lowest BCUT2D eigenvalue weighted by Crippen LogP contribution is -2.66. The number of carbonyl (C=O) groups excluding carboxylic acids is 2. The minimum Gasteiger partial charge on any atom is -0.363 e. The number of nitrogens with one attached hydrogen (secondary N) is 1. The molecule has 224 valence electrons. The molecule has 1 aliphatic rings. The van der Waals surface area contributed by atoms with Gasteiger partial charge in [-0.05, 0) is 47.3 Å². The molecule has 0 bridgehead atoms. The zero-order valence-electron chi connectivity index (χ0n) is 22.7. The Morgan fingerprint density at radius 3 is 2.09 bits per heavy atom. The topological polar surface area (TPSA) is 93.4 Å². The number of carbonyl (C=O) groups is 2. The molecule has 0 unspecified atom stereocenters. The van der Waals surface area contributed by atoms with Crippen molar-refractivity contribution in [3.05, 3.63) is 129 Å². The normalized spacial score (nSPS) is 20.0. The largest absolute Gasteiger partial charge is 0.437 e. The number of amides is 1. The molecule has 0 saturated heterocycles. The van der Waals surface area contributed by atoms with Gasteiger partial charge >= 0.3 is 6.18 Å². The molecule has 0 fully saturated rings. The van der Waals surface area contributed by atoms with Gasteiger partial charge in [0, 0.05) is 22.3 Å². The maximum Gasteiger partial charge on any atom is 0.437 e. The van der Waals surface area contributed by atoms with Gasteiger partial charge in [0.15, 0.2) is 5.78 Å². The molecule has 3 atom stereocenters. The number of allylic oxidation sites excluding steroid dienone is 1. The third-order valence-corrected chi connectivity index (χ3v) is 9.33. The van der Waals surface area contributed by atoms with Gasteiger partial charge in [0.2, 0.25) is 11.6 Å². The molecule has 2 N–H and O–H groups in total. The van der Waals surface area contributed by atoms with Crippen molar-refractivity contribution in [2.75, 3.05) is 10.7 Å². The SMILES string of the molecule is N#CC1=C(SCC(=O)N(c2ccccc2)c2ccccc2)N[C@](O)(C(F)(F)F)[C@H](C(=O)c2cccs2)[C@@H]1c1ccccc1Cl. The molecular weight excluding hydrogens is 631 g/mol. The van der Waals surface area contributed by atoms with Gasteiger partial charge in [-0.1, -0.05) is 84.0 Å². The van der Waals surface area contributed by atoms with E-state index < -0.39 is 41.2 Å². The molecule has 5 rings (SSSR count). The van der Waals surface area contributed by atoms with Crippen LogP contribution in [-0.2, 0) is 4.79 Å². The van der Waals surface area contributed by atoms with Crippen LogP contribution >= 0.6 is 34.7 Å². The molecule has 12 heteroatoms. The lowest BCUT2D eigenvalue weighted by Gasteiger charge is -2.45. The fourth-order valence-electron chi connectivity index (χ4n) is 5.11. The van der Waals surface area contributed by atoms with Crippen molar-refractivity contribution >= 4 is 57.8 Å². The first-order valence-electron chi connectivity index (χ1n) is 13.2. The predicted octanol–water partition coefficient (Wildman–Crippen LogP) is 7.67. The van der Waals surface area contributed by atoms with E-state index in [1.165, 1.54) is 40.6 Å². The van der Waals surface area contributed by atoms with Gasteiger partial charge in [0.25, 0.3) is 0 Å². The van der Waals surface area contributed by atoms with E-state index in [1.54, 1.807) is 66.7 Å². The third-order valence-electron chi connectivity index (χ3n) is 7.10. The van der Waals surface area contributed by atoms with Crippen molar-refractivity contribution in [3.63, 3.8) is 0 Å². The number of para-hydroxylation sites is 2. The highest BCUT2D eigenvalue weighted by Gasteiger charge is 2.66. The van der Waals surface area contributed by atoms with Crippen LogP contribution in [0.1, 0.15) is 21.2 Å². The van der Waals surface area contributed by atoms with E-state index in [4.69, 9.17) is 11.6 Å². The number of anilines is 2. The van der Waals surface area contributed by atoms with Gasteiger partial charge in [-0.25, -0.2) is 0 Å². The summed E-state index contributed by atoms with van der Waals surface area (Å²) in [6.45, 7) is 0. The minimum atomic E-state index is -5.37. The summed E-state index contributed by atoms with van der Waals surface area (Å²) < 4.78 is 44.6. The molecule has 0 aliphatic carbocycles. The Balaban J connectivity index is 1.61. The van der Waals surface area contributed by atoms with Gasteiger partial charge in [0.1, 0.15) is 0 Å². The van der Waals surface area contributed by atoms with Crippen LogP contribution in [0.4, 0.5) is 24.5 Å². The molecule has 0 radical (unpaired) electrons. The fourth-order valence-corrected chi connectivity index (χ4v) is 7.02. The fraction of sp³-hybridized carbons (Fsp3) is 0.156. The molecule has 6 nitrogen and oxygen atoms in total. The Labute approximate surface area is 264 Å². The molecule has 1 aliphatic heterocycles. The molecule has 1 amide bonds. The average molecular weight is 654 g/mol. The maximum atomic E-state index is 14.9. The highest BCUT2D eigenvalue weighted by molar-refractivity contribution is 8.03. The molecular formula is C32H23ClF3N3O3S2. The Hall–Kier alpha value is -4.08. The monoisotopic (exact) mass is 653 g/mol. The van der Waals surface area contributed by atoms with Gasteiger partial charge in [-0.2, -0.15) is 18.4 Å². The van der Waals surface area contributed by atoms with Crippen LogP contribution < -0.4 is 10.2 Å². The van der Waals surface area contributed by atoms with E-state index in [-0.39, 0.29) is 26.1 Å². The smallest absolute Gasteiger partial charge is 0.363 e. The van der Waals surface area contributed by atoms with Crippen molar-refractivity contribution in [2.24, 2.45) is 5.92 Å². The number of benzene rings is 3. The van der Waals surface area contributed by atoms with Crippen LogP contribution in [-0.4, -0.2) is 34.5 Å². The van der Waals surface area contributed by atoms with Gasteiger partial charge in [0.05, 0.1) is 33.2 Å². The first kappa shape index (κ1) is 31.3. The lowest BCUT2D eigenvalue weighted by atomic mass is 9.70. The Morgan fingerprint density at radius 2 is 1.57 bits per heavy atom. The molecule has 3 aromatic carbocycles. The Bertz CT molecular complexity index is 1690. The van der Waals surface area contributed by atoms with Crippen LogP contribution in [0.25, 0.3) is 0 Å². The van der Waals surface area contributed by atoms with Crippen molar-refractivity contribution in [1.29, 1.82) is 5.26 Å². The zero-order valence-corrected chi connectivity index (χ0v) is 25.1. The number of nitriles is 1. The van der Waals surface area contributed by atoms with Crippen molar-refractivity contribution < 1.29 is 27.9 Å². The van der Waals surface area contributed by atoms with E-state index in [9.17, 15) is 33.1 Å². The molecule has 1 aromatic heterocycles. The number of ketones is 1. The standard InChI is InChI=1S/C32H23ClF3N3O3S2/c33-24-15-8-7-14-22(24)27-23(18-37)30(38-31(42,32(34,35)36)28(27)29(41)25-16-9-17-43-25)44-19-26(40)39(20-10-3-1-4-11-20)21-12-5-2-6-13-21/h1-17,27-28,38,42H,19H2/t27-,28+,31-/m1/s1. The second kappa shape index (κ2) is 12.9. The van der Waals surface area contributed by atoms with Gasteiger partial charge in [-0.3, -0.25) is 14.5 Å². The second-order valence-electron chi connectivity index (χ2n) is 9.75. The van der Waals surface area contributed by atoms with Crippen LogP contribution in [0.15, 0.2) is 113 Å². The molecule has 0 spiro atoms. The predicted molar refractivity (Wildman–Crippen MR) is 166 cm³/mol. The third kappa shape index (κ3) is 5.99. The van der Waals surface area contributed by atoms with Crippen molar-refractivity contribution in [2.45, 2.75) is 17.8 Å². The van der Waals surface area contributed by atoms with E-state index in [2.05, 4.69) is 5.32 Å². The lowest BCUT2D eigenvalue weighted by molar-refractivity contribution is -0.285. The number of aliphatic hydroxyl groups is 1. The number of thioether (sulfide) groups is 1. The number of alkyl halides is 3. The zero-order chi connectivity index (χ0) is 31.5. The maximum absolute atomic E-state index is 14.9. The van der Waals surface area contributed by atoms with Crippen molar-refractivity contribution in [1.82, 2.24) is 5.32 Å². The summed E-state index contributed by atoms with van der Waals surface area (Å²) in [6, 6.07) is 28.1. The van der Waals surface area contributed by atoms with E-state index in [0.717, 1.165) is 11.3 Å². The molecule has 44 heavy (non-hydrogen) atoms. The first-order valence-corrected chi connectivity index (χ1v) is 15.4. The van der Waals surface area contributed by atoms with E-state index >= 15 is 0 Å². The number of hydrogen-bond donors (Lipinski definition) is 2. The highest BCUT2D eigenvalue weighted by Crippen LogP contribution is 2.52.